The van der Waals surface area contributed by atoms with Crippen molar-refractivity contribution in [3.05, 3.63) is 0 Å². The summed E-state index contributed by atoms with van der Waals surface area (Å²) in [4.78, 5) is 11.2. The Kier molecular flexibility index (Phi) is 5.25. The van der Waals surface area contributed by atoms with Crippen molar-refractivity contribution in [2.75, 3.05) is 13.1 Å². The molecule has 72 valence electrons. The van der Waals surface area contributed by atoms with E-state index < -0.39 is 0 Å². The van der Waals surface area contributed by atoms with Gasteiger partial charge in [-0.15, -0.1) is 12.4 Å². The number of rotatable bonds is 2. The highest BCUT2D eigenvalue weighted by molar-refractivity contribution is 5.85. The van der Waals surface area contributed by atoms with Gasteiger partial charge in [-0.05, 0) is 13.0 Å². The van der Waals surface area contributed by atoms with Gasteiger partial charge in [-0.25, -0.2) is 0 Å². The standard InChI is InChI=1S/C8H16N2O.ClH/c1-6(2)8(11)10-7-3-4-9-5-7;/h6-7,9H,3-5H2,1-2H3,(H,10,11);1H/t7-;/m1./s1. The molecule has 1 aliphatic rings. The molecule has 1 aliphatic heterocycles. The van der Waals surface area contributed by atoms with Crippen molar-refractivity contribution in [2.24, 2.45) is 5.92 Å². The molecule has 2 N–H and O–H groups in total. The maximum Gasteiger partial charge on any atom is 0.222 e. The molecule has 0 unspecified atom stereocenters. The number of nitrogens with one attached hydrogen (secondary N) is 2. The molecule has 0 aromatic rings. The molecule has 0 aromatic heterocycles. The largest absolute Gasteiger partial charge is 0.352 e. The Balaban J connectivity index is 0.00000121. The molecule has 1 rings (SSSR count). The molecule has 0 saturated carbocycles. The van der Waals surface area contributed by atoms with Crippen molar-refractivity contribution in [2.45, 2.75) is 26.3 Å². The fraction of sp³-hybridized carbons (Fsp3) is 0.875. The van der Waals surface area contributed by atoms with E-state index in [1.165, 1.54) is 0 Å². The minimum absolute atomic E-state index is 0. The van der Waals surface area contributed by atoms with Crippen LogP contribution in [-0.2, 0) is 4.79 Å². The smallest absolute Gasteiger partial charge is 0.222 e. The predicted molar refractivity (Wildman–Crippen MR) is 51.5 cm³/mol. The van der Waals surface area contributed by atoms with Gasteiger partial charge < -0.3 is 10.6 Å². The second-order valence-electron chi connectivity index (χ2n) is 3.35. The molecule has 0 bridgehead atoms. The third-order valence-corrected chi connectivity index (χ3v) is 1.93. The second kappa shape index (κ2) is 5.38. The number of carbonyl (C=O) groups is 1. The molecule has 1 atom stereocenters. The van der Waals surface area contributed by atoms with Crippen LogP contribution < -0.4 is 10.6 Å². The zero-order chi connectivity index (χ0) is 8.27. The molecule has 1 amide bonds. The summed E-state index contributed by atoms with van der Waals surface area (Å²) in [5.41, 5.74) is 0. The van der Waals surface area contributed by atoms with Crippen molar-refractivity contribution in [1.82, 2.24) is 10.6 Å². The lowest BCUT2D eigenvalue weighted by Crippen LogP contribution is -2.38. The minimum Gasteiger partial charge on any atom is -0.352 e. The highest BCUT2D eigenvalue weighted by Crippen LogP contribution is 1.99. The lowest BCUT2D eigenvalue weighted by Gasteiger charge is -2.12. The number of amides is 1. The molecular formula is C8H17ClN2O. The molecule has 0 aliphatic carbocycles. The molecule has 0 aromatic carbocycles. The van der Waals surface area contributed by atoms with Crippen molar-refractivity contribution >= 4 is 18.3 Å². The Morgan fingerprint density at radius 1 is 1.58 bits per heavy atom. The molecule has 1 saturated heterocycles. The average Bonchev–Trinajstić information content (AvgIpc) is 2.39. The Morgan fingerprint density at radius 2 is 2.25 bits per heavy atom. The first-order valence-electron chi connectivity index (χ1n) is 4.21. The molecule has 1 heterocycles. The second-order valence-corrected chi connectivity index (χ2v) is 3.35. The van der Waals surface area contributed by atoms with Gasteiger partial charge in [0, 0.05) is 18.5 Å². The summed E-state index contributed by atoms with van der Waals surface area (Å²) in [6.07, 6.45) is 1.07. The van der Waals surface area contributed by atoms with E-state index in [-0.39, 0.29) is 24.2 Å². The fourth-order valence-corrected chi connectivity index (χ4v) is 1.15. The lowest BCUT2D eigenvalue weighted by molar-refractivity contribution is -0.124. The predicted octanol–water partition coefficient (Wildman–Crippen LogP) is 0.542. The highest BCUT2D eigenvalue weighted by atomic mass is 35.5. The van der Waals surface area contributed by atoms with E-state index in [4.69, 9.17) is 0 Å². The summed E-state index contributed by atoms with van der Waals surface area (Å²) in [6.45, 7) is 5.79. The Hall–Kier alpha value is -0.280. The zero-order valence-corrected chi connectivity index (χ0v) is 8.41. The van der Waals surface area contributed by atoms with Crippen LogP contribution in [0.1, 0.15) is 20.3 Å². The number of hydrogen-bond acceptors (Lipinski definition) is 2. The van der Waals surface area contributed by atoms with Gasteiger partial charge >= 0.3 is 0 Å². The van der Waals surface area contributed by atoms with E-state index in [2.05, 4.69) is 10.6 Å². The zero-order valence-electron chi connectivity index (χ0n) is 7.59. The Morgan fingerprint density at radius 3 is 2.67 bits per heavy atom. The normalized spacial score (nSPS) is 22.1. The topological polar surface area (TPSA) is 41.1 Å². The van der Waals surface area contributed by atoms with Crippen molar-refractivity contribution in [3.8, 4) is 0 Å². The van der Waals surface area contributed by atoms with Gasteiger partial charge in [0.2, 0.25) is 5.91 Å². The van der Waals surface area contributed by atoms with Crippen LogP contribution in [0.25, 0.3) is 0 Å². The Bertz CT molecular complexity index is 144. The summed E-state index contributed by atoms with van der Waals surface area (Å²) >= 11 is 0. The van der Waals surface area contributed by atoms with Gasteiger partial charge in [-0.1, -0.05) is 13.8 Å². The van der Waals surface area contributed by atoms with Crippen LogP contribution in [-0.4, -0.2) is 25.0 Å². The summed E-state index contributed by atoms with van der Waals surface area (Å²) in [7, 11) is 0. The van der Waals surface area contributed by atoms with E-state index >= 15 is 0 Å². The monoisotopic (exact) mass is 192 g/mol. The molecule has 3 nitrogen and oxygen atoms in total. The fourth-order valence-electron chi connectivity index (χ4n) is 1.15. The van der Waals surface area contributed by atoms with Gasteiger partial charge in [0.15, 0.2) is 0 Å². The summed E-state index contributed by atoms with van der Waals surface area (Å²) < 4.78 is 0. The van der Waals surface area contributed by atoms with Crippen molar-refractivity contribution in [3.63, 3.8) is 0 Å². The average molecular weight is 193 g/mol. The Labute approximate surface area is 79.7 Å². The minimum atomic E-state index is 0. The van der Waals surface area contributed by atoms with E-state index in [0.717, 1.165) is 19.5 Å². The van der Waals surface area contributed by atoms with Gasteiger partial charge in [-0.3, -0.25) is 4.79 Å². The number of halogens is 1. The first-order chi connectivity index (χ1) is 5.20. The van der Waals surface area contributed by atoms with Gasteiger partial charge in [0.05, 0.1) is 0 Å². The molecule has 4 heteroatoms. The molecule has 12 heavy (non-hydrogen) atoms. The van der Waals surface area contributed by atoms with Crippen LogP contribution in [0.15, 0.2) is 0 Å². The van der Waals surface area contributed by atoms with Crippen molar-refractivity contribution in [1.29, 1.82) is 0 Å². The first-order valence-corrected chi connectivity index (χ1v) is 4.21. The quantitative estimate of drug-likeness (QED) is 0.671. The summed E-state index contributed by atoms with van der Waals surface area (Å²) in [5.74, 6) is 0.273. The van der Waals surface area contributed by atoms with E-state index in [1.54, 1.807) is 0 Å². The van der Waals surface area contributed by atoms with Crippen LogP contribution in [0.4, 0.5) is 0 Å². The van der Waals surface area contributed by atoms with Crippen LogP contribution in [0.2, 0.25) is 0 Å². The van der Waals surface area contributed by atoms with Crippen LogP contribution in [0.3, 0.4) is 0 Å². The molecule has 0 spiro atoms. The molecule has 0 radical (unpaired) electrons. The van der Waals surface area contributed by atoms with Crippen LogP contribution >= 0.6 is 12.4 Å². The first kappa shape index (κ1) is 11.7. The van der Waals surface area contributed by atoms with Crippen LogP contribution in [0.5, 0.6) is 0 Å². The van der Waals surface area contributed by atoms with E-state index in [9.17, 15) is 4.79 Å². The van der Waals surface area contributed by atoms with Crippen LogP contribution in [0, 0.1) is 5.92 Å². The van der Waals surface area contributed by atoms with E-state index in [1.807, 2.05) is 13.8 Å². The third-order valence-electron chi connectivity index (χ3n) is 1.93. The lowest BCUT2D eigenvalue weighted by atomic mass is 10.2. The maximum absolute atomic E-state index is 11.2. The SMILES string of the molecule is CC(C)C(=O)N[C@@H]1CCNC1.Cl. The third kappa shape index (κ3) is 3.41. The summed E-state index contributed by atoms with van der Waals surface area (Å²) in [5, 5.41) is 6.18. The van der Waals surface area contributed by atoms with E-state index in [0.29, 0.717) is 6.04 Å². The highest BCUT2D eigenvalue weighted by Gasteiger charge is 2.17. The molecule has 1 fully saturated rings. The number of carbonyl (C=O) groups excluding carboxylic acids is 1. The number of hydrogen-bond donors (Lipinski definition) is 2. The van der Waals surface area contributed by atoms with Gasteiger partial charge in [0.25, 0.3) is 0 Å². The van der Waals surface area contributed by atoms with Gasteiger partial charge in [0.1, 0.15) is 0 Å². The van der Waals surface area contributed by atoms with Gasteiger partial charge in [-0.2, -0.15) is 0 Å². The maximum atomic E-state index is 11.2. The molecular weight excluding hydrogens is 176 g/mol. The van der Waals surface area contributed by atoms with Crippen molar-refractivity contribution < 1.29 is 4.79 Å². The summed E-state index contributed by atoms with van der Waals surface area (Å²) in [6, 6.07) is 0.366.